The van der Waals surface area contributed by atoms with Crippen LogP contribution in [-0.2, 0) is 9.59 Å². The Morgan fingerprint density at radius 1 is 1.10 bits per heavy atom. The lowest BCUT2D eigenvalue weighted by Crippen LogP contribution is -2.30. The van der Waals surface area contributed by atoms with Gasteiger partial charge in [-0.2, -0.15) is 0 Å². The van der Waals surface area contributed by atoms with Gasteiger partial charge in [-0.05, 0) is 49.6 Å². The molecule has 0 aliphatic carbocycles. The number of likely N-dealkylation sites (tertiary alicyclic amines) is 1. The highest BCUT2D eigenvalue weighted by atomic mass is 16.5. The van der Waals surface area contributed by atoms with Crippen LogP contribution < -0.4 is 4.74 Å². The van der Waals surface area contributed by atoms with Crippen LogP contribution in [0.25, 0.3) is 5.76 Å². The molecular weight excluding hydrogens is 378 g/mol. The first-order chi connectivity index (χ1) is 14.4. The Bertz CT molecular complexity index is 992. The fourth-order valence-electron chi connectivity index (χ4n) is 4.00. The zero-order valence-electron chi connectivity index (χ0n) is 18.1. The first kappa shape index (κ1) is 21.6. The molecule has 5 heteroatoms. The average Bonchev–Trinajstić information content (AvgIpc) is 2.98. The number of nitrogens with zero attached hydrogens (tertiary/aromatic N) is 1. The lowest BCUT2D eigenvalue weighted by atomic mass is 9.93. The van der Waals surface area contributed by atoms with E-state index < -0.39 is 17.7 Å². The van der Waals surface area contributed by atoms with Crippen molar-refractivity contribution in [3.8, 4) is 5.75 Å². The van der Waals surface area contributed by atoms with Crippen molar-refractivity contribution in [1.82, 2.24) is 4.90 Å². The monoisotopic (exact) mass is 407 g/mol. The second kappa shape index (κ2) is 9.16. The summed E-state index contributed by atoms with van der Waals surface area (Å²) in [6.07, 6.45) is 2.80. The number of ketones is 1. The highest BCUT2D eigenvalue weighted by Crippen LogP contribution is 2.40. The fraction of sp³-hybridized carbons (Fsp3) is 0.360. The van der Waals surface area contributed by atoms with Crippen molar-refractivity contribution < 1.29 is 19.4 Å². The van der Waals surface area contributed by atoms with Gasteiger partial charge in [0, 0.05) is 12.1 Å². The van der Waals surface area contributed by atoms with E-state index in [2.05, 4.69) is 6.92 Å². The number of ether oxygens (including phenoxy) is 1. The van der Waals surface area contributed by atoms with E-state index in [1.165, 1.54) is 0 Å². The highest BCUT2D eigenvalue weighted by molar-refractivity contribution is 6.46. The van der Waals surface area contributed by atoms with Crippen molar-refractivity contribution in [2.75, 3.05) is 13.7 Å². The Labute approximate surface area is 178 Å². The Hall–Kier alpha value is -3.08. The van der Waals surface area contributed by atoms with Gasteiger partial charge in [0.05, 0.1) is 18.7 Å². The molecular formula is C25H29NO4. The summed E-state index contributed by atoms with van der Waals surface area (Å²) in [5, 5.41) is 11.2. The first-order valence-electron chi connectivity index (χ1n) is 10.4. The summed E-state index contributed by atoms with van der Waals surface area (Å²) in [5.41, 5.74) is 3.31. The lowest BCUT2D eigenvalue weighted by Gasteiger charge is -2.25. The van der Waals surface area contributed by atoms with E-state index in [0.29, 0.717) is 17.9 Å². The Morgan fingerprint density at radius 2 is 1.87 bits per heavy atom. The van der Waals surface area contributed by atoms with Crippen LogP contribution in [0.5, 0.6) is 5.75 Å². The summed E-state index contributed by atoms with van der Waals surface area (Å²) in [6, 6.07) is 12.4. The minimum atomic E-state index is -0.634. The third kappa shape index (κ3) is 4.11. The molecule has 1 fully saturated rings. The SMILES string of the molecule is CCCCCN1C(=O)C(=O)/C(=C(\O)c2ccc(OC)cc2C)C1c1cccc(C)c1. The van der Waals surface area contributed by atoms with Gasteiger partial charge in [-0.1, -0.05) is 49.6 Å². The summed E-state index contributed by atoms with van der Waals surface area (Å²) in [6.45, 7) is 6.39. The van der Waals surface area contributed by atoms with Crippen LogP contribution in [0.3, 0.4) is 0 Å². The van der Waals surface area contributed by atoms with E-state index in [0.717, 1.165) is 36.0 Å². The molecule has 1 saturated heterocycles. The van der Waals surface area contributed by atoms with Crippen molar-refractivity contribution >= 4 is 17.4 Å². The summed E-state index contributed by atoms with van der Waals surface area (Å²) >= 11 is 0. The molecule has 1 heterocycles. The standard InChI is InChI=1S/C25H29NO4/c1-5-6-7-13-26-22(18-10-8-9-16(2)14-18)21(24(28)25(26)29)23(27)20-12-11-19(30-4)15-17(20)3/h8-12,14-15,22,27H,5-7,13H2,1-4H3/b23-21-. The van der Waals surface area contributed by atoms with E-state index in [1.807, 2.05) is 38.1 Å². The molecule has 5 nitrogen and oxygen atoms in total. The van der Waals surface area contributed by atoms with Gasteiger partial charge >= 0.3 is 0 Å². The minimum absolute atomic E-state index is 0.141. The second-order valence-electron chi connectivity index (χ2n) is 7.79. The zero-order chi connectivity index (χ0) is 21.8. The third-order valence-electron chi connectivity index (χ3n) is 5.59. The third-order valence-corrected chi connectivity index (χ3v) is 5.59. The van der Waals surface area contributed by atoms with Crippen molar-refractivity contribution in [3.05, 3.63) is 70.3 Å². The lowest BCUT2D eigenvalue weighted by molar-refractivity contribution is -0.139. The average molecular weight is 408 g/mol. The number of hydrogen-bond donors (Lipinski definition) is 1. The first-order valence-corrected chi connectivity index (χ1v) is 10.4. The molecule has 1 aliphatic heterocycles. The number of aryl methyl sites for hydroxylation is 2. The number of methoxy groups -OCH3 is 1. The second-order valence-corrected chi connectivity index (χ2v) is 7.79. The van der Waals surface area contributed by atoms with Gasteiger partial charge in [-0.3, -0.25) is 9.59 Å². The quantitative estimate of drug-likeness (QED) is 0.306. The predicted octanol–water partition coefficient (Wildman–Crippen LogP) is 4.92. The van der Waals surface area contributed by atoms with Crippen LogP contribution in [-0.4, -0.2) is 35.4 Å². The Balaban J connectivity index is 2.15. The van der Waals surface area contributed by atoms with Crippen LogP contribution in [0.4, 0.5) is 0 Å². The van der Waals surface area contributed by atoms with Crippen LogP contribution in [0.2, 0.25) is 0 Å². The summed E-state index contributed by atoms with van der Waals surface area (Å²) in [5.74, 6) is -0.659. The Morgan fingerprint density at radius 3 is 2.50 bits per heavy atom. The maximum atomic E-state index is 13.0. The number of aliphatic hydroxyl groups excluding tert-OH is 1. The zero-order valence-corrected chi connectivity index (χ0v) is 18.1. The highest BCUT2D eigenvalue weighted by Gasteiger charge is 2.45. The summed E-state index contributed by atoms with van der Waals surface area (Å²) in [7, 11) is 1.58. The molecule has 1 unspecified atom stereocenters. The molecule has 2 aromatic carbocycles. The number of aliphatic hydroxyl groups is 1. The van der Waals surface area contributed by atoms with Gasteiger partial charge in [0.1, 0.15) is 11.5 Å². The van der Waals surface area contributed by atoms with Crippen LogP contribution in [0.1, 0.15) is 54.5 Å². The van der Waals surface area contributed by atoms with E-state index in [-0.39, 0.29) is 11.3 Å². The van der Waals surface area contributed by atoms with Crippen molar-refractivity contribution in [3.63, 3.8) is 0 Å². The number of amides is 1. The number of Topliss-reactive ketones (excluding diaryl/α,β-unsaturated/α-hetero) is 1. The van der Waals surface area contributed by atoms with Gasteiger partial charge in [0.25, 0.3) is 11.7 Å². The van der Waals surface area contributed by atoms with Crippen molar-refractivity contribution in [2.24, 2.45) is 0 Å². The molecule has 0 aromatic heterocycles. The summed E-state index contributed by atoms with van der Waals surface area (Å²) in [4.78, 5) is 27.6. The summed E-state index contributed by atoms with van der Waals surface area (Å²) < 4.78 is 5.24. The molecule has 0 saturated carbocycles. The predicted molar refractivity (Wildman–Crippen MR) is 117 cm³/mol. The topological polar surface area (TPSA) is 66.8 Å². The molecule has 30 heavy (non-hydrogen) atoms. The molecule has 1 aliphatic rings. The number of carbonyl (C=O) groups excluding carboxylic acids is 2. The molecule has 3 rings (SSSR count). The number of hydrogen-bond acceptors (Lipinski definition) is 4. The molecule has 158 valence electrons. The largest absolute Gasteiger partial charge is 0.507 e. The number of carbonyl (C=O) groups is 2. The number of unbranched alkanes of at least 4 members (excludes halogenated alkanes) is 2. The minimum Gasteiger partial charge on any atom is -0.507 e. The van der Waals surface area contributed by atoms with Crippen LogP contribution >= 0.6 is 0 Å². The van der Waals surface area contributed by atoms with Gasteiger partial charge in [-0.25, -0.2) is 0 Å². The maximum absolute atomic E-state index is 13.0. The molecule has 0 radical (unpaired) electrons. The molecule has 0 spiro atoms. The van der Waals surface area contributed by atoms with E-state index in [9.17, 15) is 14.7 Å². The Kier molecular flexibility index (Phi) is 6.60. The smallest absolute Gasteiger partial charge is 0.295 e. The van der Waals surface area contributed by atoms with E-state index >= 15 is 0 Å². The molecule has 1 N–H and O–H groups in total. The van der Waals surface area contributed by atoms with E-state index in [1.54, 1.807) is 30.2 Å². The number of benzene rings is 2. The van der Waals surface area contributed by atoms with Gasteiger partial charge in [0.15, 0.2) is 0 Å². The van der Waals surface area contributed by atoms with Crippen molar-refractivity contribution in [2.45, 2.75) is 46.1 Å². The van der Waals surface area contributed by atoms with Gasteiger partial charge < -0.3 is 14.7 Å². The fourth-order valence-corrected chi connectivity index (χ4v) is 4.00. The molecule has 1 amide bonds. The normalized spacial score (nSPS) is 18.1. The van der Waals surface area contributed by atoms with Crippen LogP contribution in [0, 0.1) is 13.8 Å². The maximum Gasteiger partial charge on any atom is 0.295 e. The molecule has 1 atom stereocenters. The number of rotatable bonds is 7. The molecule has 2 aromatic rings. The van der Waals surface area contributed by atoms with Crippen molar-refractivity contribution in [1.29, 1.82) is 0 Å². The van der Waals surface area contributed by atoms with Crippen LogP contribution in [0.15, 0.2) is 48.0 Å². The molecule has 0 bridgehead atoms. The van der Waals surface area contributed by atoms with Gasteiger partial charge in [0.2, 0.25) is 0 Å². The van der Waals surface area contributed by atoms with Gasteiger partial charge in [-0.15, -0.1) is 0 Å². The van der Waals surface area contributed by atoms with E-state index in [4.69, 9.17) is 4.74 Å².